The number of para-hydroxylation sites is 1. The molecule has 1 heterocycles. The summed E-state index contributed by atoms with van der Waals surface area (Å²) in [6, 6.07) is 8.47. The molecule has 1 aromatic heterocycles. The Balaban J connectivity index is 2.31. The highest BCUT2D eigenvalue weighted by molar-refractivity contribution is 7.99. The quantitative estimate of drug-likeness (QED) is 0.832. The highest BCUT2D eigenvalue weighted by Crippen LogP contribution is 2.32. The number of nitrogens with two attached hydrogens (primary N) is 1. The largest absolute Gasteiger partial charge is 0.398 e. The third kappa shape index (κ3) is 2.46. The van der Waals surface area contributed by atoms with E-state index in [1.165, 1.54) is 24.0 Å². The van der Waals surface area contributed by atoms with E-state index in [0.717, 1.165) is 4.90 Å². The lowest BCUT2D eigenvalue weighted by molar-refractivity contribution is 0.588. The van der Waals surface area contributed by atoms with Gasteiger partial charge in [0.05, 0.1) is 5.02 Å². The van der Waals surface area contributed by atoms with Gasteiger partial charge in [0.1, 0.15) is 5.03 Å². The van der Waals surface area contributed by atoms with Crippen molar-refractivity contribution >= 4 is 29.1 Å². The highest BCUT2D eigenvalue weighted by atomic mass is 35.5. The summed E-state index contributed by atoms with van der Waals surface area (Å²) in [5.41, 5.74) is 6.35. The van der Waals surface area contributed by atoms with E-state index < -0.39 is 5.82 Å². The number of hydrogen-bond donors (Lipinski definition) is 1. The topological polar surface area (TPSA) is 38.9 Å². The molecule has 0 aliphatic carbocycles. The minimum atomic E-state index is -0.444. The Morgan fingerprint density at radius 3 is 2.75 bits per heavy atom. The molecule has 0 fully saturated rings. The van der Waals surface area contributed by atoms with Crippen molar-refractivity contribution in [2.24, 2.45) is 0 Å². The standard InChI is InChI=1S/C11H8ClFN2S/c12-7-5-8(13)11(15-6-7)16-10-4-2-1-3-9(10)14/h1-6H,14H2. The van der Waals surface area contributed by atoms with Crippen LogP contribution in [0.2, 0.25) is 5.02 Å². The Morgan fingerprint density at radius 2 is 2.06 bits per heavy atom. The van der Waals surface area contributed by atoms with Gasteiger partial charge in [-0.15, -0.1) is 0 Å². The van der Waals surface area contributed by atoms with E-state index in [2.05, 4.69) is 4.98 Å². The number of rotatable bonds is 2. The summed E-state index contributed by atoms with van der Waals surface area (Å²) < 4.78 is 13.5. The zero-order chi connectivity index (χ0) is 11.5. The van der Waals surface area contributed by atoms with E-state index in [-0.39, 0.29) is 10.0 Å². The average Bonchev–Trinajstić information content (AvgIpc) is 2.25. The van der Waals surface area contributed by atoms with Crippen LogP contribution >= 0.6 is 23.4 Å². The fourth-order valence-corrected chi connectivity index (χ4v) is 2.10. The van der Waals surface area contributed by atoms with E-state index in [0.29, 0.717) is 5.69 Å². The Bertz CT molecular complexity index is 519. The van der Waals surface area contributed by atoms with Gasteiger partial charge in [-0.2, -0.15) is 0 Å². The molecule has 0 saturated carbocycles. The van der Waals surface area contributed by atoms with Crippen molar-refractivity contribution in [3.05, 3.63) is 47.4 Å². The maximum Gasteiger partial charge on any atom is 0.157 e. The molecule has 0 aliphatic rings. The molecule has 16 heavy (non-hydrogen) atoms. The van der Waals surface area contributed by atoms with E-state index >= 15 is 0 Å². The Hall–Kier alpha value is -1.26. The zero-order valence-electron chi connectivity index (χ0n) is 8.15. The first-order chi connectivity index (χ1) is 7.66. The first-order valence-corrected chi connectivity index (χ1v) is 5.69. The monoisotopic (exact) mass is 254 g/mol. The molecule has 2 nitrogen and oxygen atoms in total. The first-order valence-electron chi connectivity index (χ1n) is 4.50. The van der Waals surface area contributed by atoms with Gasteiger partial charge in [0.2, 0.25) is 0 Å². The second-order valence-corrected chi connectivity index (χ2v) is 4.55. The summed E-state index contributed by atoms with van der Waals surface area (Å²) in [5, 5.41) is 0.546. The molecule has 2 rings (SSSR count). The van der Waals surface area contributed by atoms with Crippen LogP contribution < -0.4 is 5.73 Å². The predicted octanol–water partition coefficient (Wildman–Crippen LogP) is 3.61. The fraction of sp³-hybridized carbons (Fsp3) is 0. The third-order valence-electron chi connectivity index (χ3n) is 1.90. The molecule has 0 amide bonds. The molecule has 0 atom stereocenters. The average molecular weight is 255 g/mol. The van der Waals surface area contributed by atoms with Crippen LogP contribution in [0.3, 0.4) is 0 Å². The van der Waals surface area contributed by atoms with Crippen molar-refractivity contribution in [3.63, 3.8) is 0 Å². The van der Waals surface area contributed by atoms with Gasteiger partial charge in [-0.3, -0.25) is 0 Å². The summed E-state index contributed by atoms with van der Waals surface area (Å²) in [7, 11) is 0. The SMILES string of the molecule is Nc1ccccc1Sc1ncc(Cl)cc1F. The Morgan fingerprint density at radius 1 is 1.31 bits per heavy atom. The predicted molar refractivity (Wildman–Crippen MR) is 64.2 cm³/mol. The maximum absolute atomic E-state index is 13.5. The molecule has 0 unspecified atom stereocenters. The summed E-state index contributed by atoms with van der Waals surface area (Å²) in [6.07, 6.45) is 1.41. The minimum Gasteiger partial charge on any atom is -0.398 e. The van der Waals surface area contributed by atoms with Crippen molar-refractivity contribution in [2.45, 2.75) is 9.92 Å². The first kappa shape index (κ1) is 11.2. The van der Waals surface area contributed by atoms with Crippen molar-refractivity contribution in [1.82, 2.24) is 4.98 Å². The lowest BCUT2D eigenvalue weighted by atomic mass is 10.3. The smallest absolute Gasteiger partial charge is 0.157 e. The van der Waals surface area contributed by atoms with E-state index in [1.54, 1.807) is 6.07 Å². The number of aromatic nitrogens is 1. The second-order valence-electron chi connectivity index (χ2n) is 3.08. The van der Waals surface area contributed by atoms with Crippen LogP contribution in [0.4, 0.5) is 10.1 Å². The number of halogens is 2. The molecule has 2 aromatic rings. The highest BCUT2D eigenvalue weighted by Gasteiger charge is 2.08. The molecule has 1 aromatic carbocycles. The van der Waals surface area contributed by atoms with Gasteiger partial charge >= 0.3 is 0 Å². The molecular formula is C11H8ClFN2S. The second kappa shape index (κ2) is 4.72. The maximum atomic E-state index is 13.5. The Labute approximate surface area is 102 Å². The number of nitrogen functional groups attached to an aromatic ring is 1. The molecule has 82 valence electrons. The van der Waals surface area contributed by atoms with Gasteiger partial charge < -0.3 is 5.73 Å². The van der Waals surface area contributed by atoms with Gasteiger partial charge in [-0.05, 0) is 18.2 Å². The molecule has 0 aliphatic heterocycles. The van der Waals surface area contributed by atoms with Crippen LogP contribution in [0.15, 0.2) is 46.5 Å². The molecule has 0 saturated heterocycles. The summed E-state index contributed by atoms with van der Waals surface area (Å²) >= 11 is 6.79. The molecular weight excluding hydrogens is 247 g/mol. The van der Waals surface area contributed by atoms with Gasteiger partial charge in [0, 0.05) is 16.8 Å². The van der Waals surface area contributed by atoms with Gasteiger partial charge in [0.15, 0.2) is 5.82 Å². The van der Waals surface area contributed by atoms with Crippen LogP contribution in [0, 0.1) is 5.82 Å². The molecule has 5 heteroatoms. The minimum absolute atomic E-state index is 0.266. The summed E-state index contributed by atoms with van der Waals surface area (Å²) in [5.74, 6) is -0.444. The van der Waals surface area contributed by atoms with Gasteiger partial charge in [-0.1, -0.05) is 35.5 Å². The van der Waals surface area contributed by atoms with Crippen molar-refractivity contribution in [3.8, 4) is 0 Å². The van der Waals surface area contributed by atoms with Gasteiger partial charge in [-0.25, -0.2) is 9.37 Å². The van der Waals surface area contributed by atoms with Crippen molar-refractivity contribution in [1.29, 1.82) is 0 Å². The number of hydrogen-bond acceptors (Lipinski definition) is 3. The Kier molecular flexibility index (Phi) is 3.31. The van der Waals surface area contributed by atoms with Crippen LogP contribution in [0.5, 0.6) is 0 Å². The van der Waals surface area contributed by atoms with E-state index in [9.17, 15) is 4.39 Å². The summed E-state index contributed by atoms with van der Waals surface area (Å²) in [6.45, 7) is 0. The van der Waals surface area contributed by atoms with Crippen molar-refractivity contribution in [2.75, 3.05) is 5.73 Å². The van der Waals surface area contributed by atoms with Crippen LogP contribution in [0.25, 0.3) is 0 Å². The number of nitrogens with zero attached hydrogens (tertiary/aromatic N) is 1. The van der Waals surface area contributed by atoms with E-state index in [1.807, 2.05) is 18.2 Å². The number of anilines is 1. The van der Waals surface area contributed by atoms with Crippen LogP contribution in [0.1, 0.15) is 0 Å². The third-order valence-corrected chi connectivity index (χ3v) is 3.19. The molecule has 0 spiro atoms. The molecule has 0 bridgehead atoms. The number of pyridine rings is 1. The van der Waals surface area contributed by atoms with Gasteiger partial charge in [0.25, 0.3) is 0 Å². The molecule has 0 radical (unpaired) electrons. The zero-order valence-corrected chi connectivity index (χ0v) is 9.73. The van der Waals surface area contributed by atoms with Crippen LogP contribution in [-0.2, 0) is 0 Å². The lowest BCUT2D eigenvalue weighted by Gasteiger charge is -2.04. The normalized spacial score (nSPS) is 10.4. The van der Waals surface area contributed by atoms with Crippen molar-refractivity contribution < 1.29 is 4.39 Å². The fourth-order valence-electron chi connectivity index (χ4n) is 1.15. The van der Waals surface area contributed by atoms with Crippen LogP contribution in [-0.4, -0.2) is 4.98 Å². The van der Waals surface area contributed by atoms with E-state index in [4.69, 9.17) is 17.3 Å². The lowest BCUT2D eigenvalue weighted by Crippen LogP contribution is -1.90. The number of benzene rings is 1. The molecule has 2 N–H and O–H groups in total. The summed E-state index contributed by atoms with van der Waals surface area (Å²) in [4.78, 5) is 4.69.